The second-order valence-corrected chi connectivity index (χ2v) is 5.91. The van der Waals surface area contributed by atoms with Gasteiger partial charge in [0, 0.05) is 17.9 Å². The fourth-order valence-corrected chi connectivity index (χ4v) is 2.42. The zero-order valence-corrected chi connectivity index (χ0v) is 16.0. The van der Waals surface area contributed by atoms with Gasteiger partial charge >= 0.3 is 0 Å². The number of ether oxygens (including phenoxy) is 1. The maximum atomic E-state index is 12.1. The highest BCUT2D eigenvalue weighted by molar-refractivity contribution is 5.95. The van der Waals surface area contributed by atoms with Crippen LogP contribution in [0.25, 0.3) is 0 Å². The summed E-state index contributed by atoms with van der Waals surface area (Å²) >= 11 is 0. The van der Waals surface area contributed by atoms with E-state index in [0.717, 1.165) is 6.42 Å². The van der Waals surface area contributed by atoms with Gasteiger partial charge in [-0.3, -0.25) is 9.59 Å². The zero-order valence-electron chi connectivity index (χ0n) is 14.4. The number of nitrogens with zero attached hydrogens (tertiary/aromatic N) is 1. The highest BCUT2D eigenvalue weighted by atomic mass is 35.5. The molecule has 2 rings (SSSR count). The van der Waals surface area contributed by atoms with Gasteiger partial charge in [-0.1, -0.05) is 0 Å². The molecule has 7 nitrogen and oxygen atoms in total. The van der Waals surface area contributed by atoms with Crippen LogP contribution in [0.3, 0.4) is 0 Å². The molecule has 1 aromatic carbocycles. The number of halogens is 2. The third kappa shape index (κ3) is 7.58. The van der Waals surface area contributed by atoms with Crippen LogP contribution in [0.15, 0.2) is 24.3 Å². The van der Waals surface area contributed by atoms with E-state index in [1.807, 2.05) is 14.1 Å². The summed E-state index contributed by atoms with van der Waals surface area (Å²) in [7, 11) is 3.66. The van der Waals surface area contributed by atoms with Crippen molar-refractivity contribution in [1.82, 2.24) is 4.90 Å². The molecule has 1 fully saturated rings. The number of hydrogen-bond donors (Lipinski definition) is 3. The lowest BCUT2D eigenvalue weighted by Crippen LogP contribution is -2.29. The second kappa shape index (κ2) is 11.3. The van der Waals surface area contributed by atoms with Crippen molar-refractivity contribution in [2.75, 3.05) is 37.8 Å². The van der Waals surface area contributed by atoms with Crippen LogP contribution in [0.4, 0.5) is 11.4 Å². The summed E-state index contributed by atoms with van der Waals surface area (Å²) in [6.45, 7) is 0.755. The Labute approximate surface area is 160 Å². The molecule has 1 saturated heterocycles. The first kappa shape index (κ1) is 23.6. The highest BCUT2D eigenvalue weighted by Gasteiger charge is 2.29. The maximum Gasteiger partial charge on any atom is 0.253 e. The molecule has 0 spiro atoms. The molecule has 2 atom stereocenters. The predicted octanol–water partition coefficient (Wildman–Crippen LogP) is 1.48. The first-order valence-electron chi connectivity index (χ1n) is 7.69. The van der Waals surface area contributed by atoms with E-state index in [0.29, 0.717) is 30.9 Å². The average Bonchev–Trinajstić information content (AvgIpc) is 2.97. The lowest BCUT2D eigenvalue weighted by atomic mass is 10.2. The Balaban J connectivity index is 0.00000288. The summed E-state index contributed by atoms with van der Waals surface area (Å²) in [5.74, 6) is -0.246. The van der Waals surface area contributed by atoms with Crippen molar-refractivity contribution in [3.8, 4) is 0 Å². The van der Waals surface area contributed by atoms with Crippen LogP contribution in [0.5, 0.6) is 0 Å². The number of likely N-dealkylation sites (N-methyl/N-ethyl adjacent to an activating group) is 1. The Morgan fingerprint density at radius 1 is 1.12 bits per heavy atom. The van der Waals surface area contributed by atoms with Gasteiger partial charge in [0.05, 0.1) is 12.6 Å². The third-order valence-electron chi connectivity index (χ3n) is 3.56. The van der Waals surface area contributed by atoms with E-state index in [2.05, 4.69) is 10.6 Å². The van der Waals surface area contributed by atoms with E-state index in [-0.39, 0.29) is 42.7 Å². The largest absolute Gasteiger partial charge is 0.364 e. The van der Waals surface area contributed by atoms with Gasteiger partial charge in [0.2, 0.25) is 5.91 Å². The highest BCUT2D eigenvalue weighted by Crippen LogP contribution is 2.21. The molecule has 142 valence electrons. The van der Waals surface area contributed by atoms with E-state index >= 15 is 0 Å². The van der Waals surface area contributed by atoms with E-state index in [9.17, 15) is 9.59 Å². The molecular formula is C16H26Cl2N4O3. The minimum atomic E-state index is -0.442. The van der Waals surface area contributed by atoms with Crippen molar-refractivity contribution in [3.05, 3.63) is 24.3 Å². The molecule has 2 amide bonds. The lowest BCUT2D eigenvalue weighted by molar-refractivity contribution is -0.126. The number of anilines is 2. The van der Waals surface area contributed by atoms with Crippen LogP contribution in [-0.4, -0.2) is 56.1 Å². The Hall–Kier alpha value is -1.38. The molecular weight excluding hydrogens is 367 g/mol. The minimum Gasteiger partial charge on any atom is -0.364 e. The summed E-state index contributed by atoms with van der Waals surface area (Å²) in [6, 6.07) is 7.00. The molecule has 1 aliphatic rings. The van der Waals surface area contributed by atoms with E-state index in [1.54, 1.807) is 29.2 Å². The molecule has 0 saturated carbocycles. The van der Waals surface area contributed by atoms with Gasteiger partial charge in [-0.05, 0) is 51.2 Å². The van der Waals surface area contributed by atoms with Gasteiger partial charge < -0.3 is 26.0 Å². The van der Waals surface area contributed by atoms with Gasteiger partial charge in [0.15, 0.2) is 0 Å². The smallest absolute Gasteiger partial charge is 0.253 e. The van der Waals surface area contributed by atoms with Crippen LogP contribution >= 0.6 is 24.8 Å². The van der Waals surface area contributed by atoms with Gasteiger partial charge in [-0.25, -0.2) is 0 Å². The van der Waals surface area contributed by atoms with Crippen LogP contribution in [0.1, 0.15) is 12.8 Å². The number of rotatable bonds is 6. The maximum absolute atomic E-state index is 12.1. The van der Waals surface area contributed by atoms with E-state index in [1.165, 1.54) is 0 Å². The Kier molecular flexibility index (Phi) is 10.7. The average molecular weight is 393 g/mol. The van der Waals surface area contributed by atoms with Gasteiger partial charge in [0.1, 0.15) is 6.10 Å². The second-order valence-electron chi connectivity index (χ2n) is 5.91. The Morgan fingerprint density at radius 3 is 2.16 bits per heavy atom. The minimum absolute atomic E-state index is 0. The molecule has 0 aliphatic carbocycles. The number of amides is 2. The summed E-state index contributed by atoms with van der Waals surface area (Å²) in [4.78, 5) is 25.6. The van der Waals surface area contributed by atoms with Crippen molar-refractivity contribution < 1.29 is 14.3 Å². The molecule has 0 radical (unpaired) electrons. The molecule has 1 aliphatic heterocycles. The number of carbonyl (C=O) groups is 2. The fraction of sp³-hybridized carbons (Fsp3) is 0.500. The van der Waals surface area contributed by atoms with Crippen LogP contribution in [0, 0.1) is 0 Å². The molecule has 0 aromatic heterocycles. The third-order valence-corrected chi connectivity index (χ3v) is 3.56. The van der Waals surface area contributed by atoms with E-state index < -0.39 is 6.10 Å². The first-order chi connectivity index (χ1) is 11.0. The monoisotopic (exact) mass is 392 g/mol. The molecule has 4 N–H and O–H groups in total. The zero-order chi connectivity index (χ0) is 16.8. The standard InChI is InChI=1S/C16H24N4O3.2ClH/c1-20(2)10-15(21)18-11-3-5-12(6-4-11)19-16(22)14-8-7-13(9-17)23-14;;/h3-6,13-14H,7-10,17H2,1-2H3,(H,18,21)(H,19,22);2*1H/t13-,14+;;/m1../s1. The molecule has 9 heteroatoms. The number of carbonyl (C=O) groups excluding carboxylic acids is 2. The normalized spacial score (nSPS) is 18.9. The van der Waals surface area contributed by atoms with Crippen LogP contribution in [0.2, 0.25) is 0 Å². The molecule has 0 bridgehead atoms. The fourth-order valence-electron chi connectivity index (χ4n) is 2.42. The van der Waals surface area contributed by atoms with Crippen molar-refractivity contribution in [2.24, 2.45) is 5.73 Å². The topological polar surface area (TPSA) is 96.7 Å². The summed E-state index contributed by atoms with van der Waals surface area (Å²) in [5, 5.41) is 5.61. The van der Waals surface area contributed by atoms with Crippen molar-refractivity contribution in [1.29, 1.82) is 0 Å². The van der Waals surface area contributed by atoms with Gasteiger partial charge in [0.25, 0.3) is 5.91 Å². The quantitative estimate of drug-likeness (QED) is 0.680. The van der Waals surface area contributed by atoms with Crippen molar-refractivity contribution in [2.45, 2.75) is 25.0 Å². The van der Waals surface area contributed by atoms with Gasteiger partial charge in [-0.15, -0.1) is 24.8 Å². The lowest BCUT2D eigenvalue weighted by Gasteiger charge is -2.13. The van der Waals surface area contributed by atoms with E-state index in [4.69, 9.17) is 10.5 Å². The molecule has 25 heavy (non-hydrogen) atoms. The summed E-state index contributed by atoms with van der Waals surface area (Å²) in [5.41, 5.74) is 6.90. The van der Waals surface area contributed by atoms with Crippen LogP contribution < -0.4 is 16.4 Å². The number of hydrogen-bond acceptors (Lipinski definition) is 5. The van der Waals surface area contributed by atoms with Crippen molar-refractivity contribution >= 4 is 48.0 Å². The van der Waals surface area contributed by atoms with Crippen LogP contribution in [-0.2, 0) is 14.3 Å². The first-order valence-corrected chi connectivity index (χ1v) is 7.69. The Bertz CT molecular complexity index is 555. The van der Waals surface area contributed by atoms with Crippen molar-refractivity contribution in [3.63, 3.8) is 0 Å². The Morgan fingerprint density at radius 2 is 1.68 bits per heavy atom. The molecule has 1 heterocycles. The molecule has 1 aromatic rings. The number of nitrogens with one attached hydrogen (secondary N) is 2. The SMILES string of the molecule is CN(C)CC(=O)Nc1ccc(NC(=O)[C@@H]2CC[C@H](CN)O2)cc1.Cl.Cl. The number of benzene rings is 1. The summed E-state index contributed by atoms with van der Waals surface area (Å²) < 4.78 is 5.56. The predicted molar refractivity (Wildman–Crippen MR) is 104 cm³/mol. The number of nitrogens with two attached hydrogens (primary N) is 1. The summed E-state index contributed by atoms with van der Waals surface area (Å²) in [6.07, 6.45) is 1.03. The molecule has 0 unspecified atom stereocenters. The van der Waals surface area contributed by atoms with Gasteiger partial charge in [-0.2, -0.15) is 0 Å².